The maximum Gasteiger partial charge on any atom is 0.205 e. The van der Waals surface area contributed by atoms with Crippen molar-refractivity contribution in [3.05, 3.63) is 106 Å². The van der Waals surface area contributed by atoms with E-state index in [1.165, 1.54) is 29.2 Å². The van der Waals surface area contributed by atoms with Gasteiger partial charge in [-0.3, -0.25) is 0 Å². The minimum atomic E-state index is -0.391. The maximum atomic E-state index is 13.5. The molecule has 0 saturated heterocycles. The summed E-state index contributed by atoms with van der Waals surface area (Å²) < 4.78 is 32.8. The van der Waals surface area contributed by atoms with Crippen LogP contribution in [-0.2, 0) is 11.2 Å². The number of hydrogen-bond donors (Lipinski definition) is 2. The first-order chi connectivity index (χ1) is 14.5. The highest BCUT2D eigenvalue weighted by atomic mass is 19.1. The van der Waals surface area contributed by atoms with Crippen molar-refractivity contribution in [3.63, 3.8) is 0 Å². The fourth-order valence-corrected chi connectivity index (χ4v) is 4.06. The molecule has 6 heteroatoms. The van der Waals surface area contributed by atoms with Crippen LogP contribution >= 0.6 is 0 Å². The van der Waals surface area contributed by atoms with Crippen LogP contribution in [-0.4, -0.2) is 13.1 Å². The smallest absolute Gasteiger partial charge is 0.205 e. The van der Waals surface area contributed by atoms with Crippen LogP contribution in [0.5, 0.6) is 0 Å². The molecule has 2 aliphatic heterocycles. The Morgan fingerprint density at radius 3 is 2.33 bits per heavy atom. The molecule has 0 spiro atoms. The van der Waals surface area contributed by atoms with E-state index in [9.17, 15) is 14.0 Å². The molecule has 2 heterocycles. The second kappa shape index (κ2) is 8.13. The summed E-state index contributed by atoms with van der Waals surface area (Å²) in [6.07, 6.45) is 2.66. The van der Waals surface area contributed by atoms with Gasteiger partial charge in [0.15, 0.2) is 0 Å². The lowest BCUT2D eigenvalue weighted by Gasteiger charge is -2.34. The lowest BCUT2D eigenvalue weighted by molar-refractivity contribution is -0.841. The molecule has 2 aromatic rings. The number of nitriles is 1. The number of nitrogens with two attached hydrogens (primary N) is 1. The van der Waals surface area contributed by atoms with E-state index in [0.29, 0.717) is 24.3 Å². The van der Waals surface area contributed by atoms with E-state index in [1.807, 2.05) is 0 Å². The van der Waals surface area contributed by atoms with Crippen LogP contribution in [0.3, 0.4) is 0 Å². The highest BCUT2D eigenvalue weighted by Crippen LogP contribution is 2.41. The minimum Gasteiger partial charge on any atom is -0.440 e. The molecule has 0 radical (unpaired) electrons. The first-order valence-electron chi connectivity index (χ1n) is 9.86. The second-order valence-electron chi connectivity index (χ2n) is 7.49. The Balaban J connectivity index is 1.80. The van der Waals surface area contributed by atoms with Gasteiger partial charge >= 0.3 is 0 Å². The summed E-state index contributed by atoms with van der Waals surface area (Å²) in [5.41, 5.74) is 10.1. The minimum absolute atomic E-state index is 0.0653. The van der Waals surface area contributed by atoms with Crippen LogP contribution in [0.2, 0.25) is 0 Å². The van der Waals surface area contributed by atoms with Gasteiger partial charge in [0.25, 0.3) is 0 Å². The van der Waals surface area contributed by atoms with E-state index in [4.69, 9.17) is 10.5 Å². The molecule has 1 unspecified atom stereocenters. The highest BCUT2D eigenvalue weighted by Gasteiger charge is 2.38. The molecule has 152 valence electrons. The van der Waals surface area contributed by atoms with Crippen LogP contribution < -0.4 is 10.6 Å². The molecule has 2 atom stereocenters. The van der Waals surface area contributed by atoms with Crippen LogP contribution in [0.4, 0.5) is 8.78 Å². The van der Waals surface area contributed by atoms with Crippen molar-refractivity contribution >= 4 is 0 Å². The summed E-state index contributed by atoms with van der Waals surface area (Å²) >= 11 is 0. The fraction of sp³-hybridized carbons (Fsp3) is 0.208. The van der Waals surface area contributed by atoms with Gasteiger partial charge in [-0.1, -0.05) is 24.3 Å². The molecular weight excluding hydrogens is 384 g/mol. The fourth-order valence-electron chi connectivity index (χ4n) is 4.06. The topological polar surface area (TPSA) is 63.5 Å². The Hall–Kier alpha value is -3.43. The number of likely N-dealkylation sites (N-methyl/N-ethyl adjacent to an activating group) is 1. The number of allylic oxidation sites excluding steroid dienone is 2. The third-order valence-corrected chi connectivity index (χ3v) is 5.58. The zero-order chi connectivity index (χ0) is 21.3. The van der Waals surface area contributed by atoms with Crippen molar-refractivity contribution < 1.29 is 18.4 Å². The van der Waals surface area contributed by atoms with Gasteiger partial charge in [0, 0.05) is 12.0 Å². The molecule has 30 heavy (non-hydrogen) atoms. The third-order valence-electron chi connectivity index (χ3n) is 5.58. The van der Waals surface area contributed by atoms with Gasteiger partial charge in [0.2, 0.25) is 5.88 Å². The molecule has 0 aromatic heterocycles. The highest BCUT2D eigenvalue weighted by molar-refractivity contribution is 5.53. The Morgan fingerprint density at radius 1 is 1.10 bits per heavy atom. The quantitative estimate of drug-likeness (QED) is 0.820. The molecule has 3 N–H and O–H groups in total. The third kappa shape index (κ3) is 3.72. The zero-order valence-electron chi connectivity index (χ0n) is 16.6. The number of benzene rings is 2. The Morgan fingerprint density at radius 2 is 1.73 bits per heavy atom. The summed E-state index contributed by atoms with van der Waals surface area (Å²) in [5.74, 6) is -0.291. The maximum absolute atomic E-state index is 13.5. The molecule has 0 fully saturated rings. The lowest BCUT2D eigenvalue weighted by Crippen LogP contribution is -3.08. The summed E-state index contributed by atoms with van der Waals surface area (Å²) in [4.78, 5) is 1.21. The predicted molar refractivity (Wildman–Crippen MR) is 109 cm³/mol. The SMILES string of the molecule is CC[NH+]1C=C(Cc2ccc(F)cc2)C2=C(C1)[C@H](c1ccc(F)cc1)C(C#N)=C(N)O2. The van der Waals surface area contributed by atoms with E-state index in [1.54, 1.807) is 24.3 Å². The molecule has 0 amide bonds. The van der Waals surface area contributed by atoms with E-state index in [2.05, 4.69) is 19.2 Å². The number of rotatable bonds is 4. The molecule has 2 aliphatic rings. The van der Waals surface area contributed by atoms with Crippen molar-refractivity contribution in [2.75, 3.05) is 13.1 Å². The van der Waals surface area contributed by atoms with Gasteiger partial charge < -0.3 is 15.4 Å². The van der Waals surface area contributed by atoms with Crippen LogP contribution in [0.1, 0.15) is 24.0 Å². The summed E-state index contributed by atoms with van der Waals surface area (Å²) in [6.45, 7) is 3.58. The van der Waals surface area contributed by atoms with Gasteiger partial charge in [-0.2, -0.15) is 5.26 Å². The molecule has 0 aliphatic carbocycles. The number of ether oxygens (including phenoxy) is 1. The van der Waals surface area contributed by atoms with Gasteiger partial charge in [0.1, 0.15) is 41.8 Å². The molecular formula is C24H22F2N3O+. The number of quaternary nitrogens is 1. The number of nitrogens with one attached hydrogen (secondary N) is 1. The lowest BCUT2D eigenvalue weighted by atomic mass is 9.80. The summed E-state index contributed by atoms with van der Waals surface area (Å²) in [6, 6.07) is 14.7. The Kier molecular flexibility index (Phi) is 5.39. The average Bonchev–Trinajstić information content (AvgIpc) is 2.75. The molecule has 4 rings (SSSR count). The Bertz CT molecular complexity index is 1090. The van der Waals surface area contributed by atoms with Crippen molar-refractivity contribution in [2.24, 2.45) is 5.73 Å². The van der Waals surface area contributed by atoms with Crippen molar-refractivity contribution in [2.45, 2.75) is 19.3 Å². The molecule has 4 nitrogen and oxygen atoms in total. The van der Waals surface area contributed by atoms with Crippen molar-refractivity contribution in [1.29, 1.82) is 5.26 Å². The van der Waals surface area contributed by atoms with E-state index in [0.717, 1.165) is 28.8 Å². The molecule has 0 saturated carbocycles. The molecule has 2 aromatic carbocycles. The van der Waals surface area contributed by atoms with Crippen LogP contribution in [0.25, 0.3) is 0 Å². The normalized spacial score (nSPS) is 20.9. The van der Waals surface area contributed by atoms with E-state index in [-0.39, 0.29) is 17.5 Å². The monoisotopic (exact) mass is 406 g/mol. The number of nitrogens with zero attached hydrogens (tertiary/aromatic N) is 1. The van der Waals surface area contributed by atoms with Crippen LogP contribution in [0.15, 0.2) is 83.1 Å². The predicted octanol–water partition coefficient (Wildman–Crippen LogP) is 3.07. The zero-order valence-corrected chi connectivity index (χ0v) is 16.6. The van der Waals surface area contributed by atoms with Gasteiger partial charge in [-0.05, 0) is 42.3 Å². The Labute approximate surface area is 174 Å². The van der Waals surface area contributed by atoms with E-state index < -0.39 is 5.92 Å². The van der Waals surface area contributed by atoms with Gasteiger partial charge in [-0.15, -0.1) is 0 Å². The summed E-state index contributed by atoms with van der Waals surface area (Å²) in [5, 5.41) is 9.77. The molecule has 0 bridgehead atoms. The average molecular weight is 406 g/mol. The second-order valence-corrected chi connectivity index (χ2v) is 7.49. The van der Waals surface area contributed by atoms with Crippen molar-refractivity contribution in [1.82, 2.24) is 0 Å². The van der Waals surface area contributed by atoms with Crippen molar-refractivity contribution in [3.8, 4) is 6.07 Å². The first-order valence-corrected chi connectivity index (χ1v) is 9.86. The van der Waals surface area contributed by atoms with Gasteiger partial charge in [-0.25, -0.2) is 8.78 Å². The first kappa shape index (κ1) is 19.9. The number of hydrogen-bond acceptors (Lipinski definition) is 3. The van der Waals surface area contributed by atoms with Crippen LogP contribution in [0, 0.1) is 23.0 Å². The van der Waals surface area contributed by atoms with Gasteiger partial charge in [0.05, 0.1) is 18.0 Å². The largest absolute Gasteiger partial charge is 0.440 e. The standard InChI is InChI=1S/C24H21F2N3O/c1-2-29-13-17(11-15-3-7-18(25)8-4-15)23-21(14-29)22(20(12-27)24(28)30-23)16-5-9-19(26)10-6-16/h3-10,13,22H,2,11,14,28H2,1H3/p+1/t22-/m1/s1. The summed E-state index contributed by atoms with van der Waals surface area (Å²) in [7, 11) is 0. The van der Waals surface area contributed by atoms with E-state index >= 15 is 0 Å². The number of halogens is 2.